The van der Waals surface area contributed by atoms with E-state index in [9.17, 15) is 39.9 Å². The van der Waals surface area contributed by atoms with Crippen LogP contribution in [0, 0.1) is 23.4 Å². The molecule has 1 saturated heterocycles. The van der Waals surface area contributed by atoms with Gasteiger partial charge in [-0.25, -0.2) is 18.0 Å². The molecule has 0 bridgehead atoms. The van der Waals surface area contributed by atoms with Crippen molar-refractivity contribution in [1.29, 1.82) is 0 Å². The topological polar surface area (TPSA) is 54.0 Å². The number of benzene rings is 3. The minimum atomic E-state index is -4.95. The lowest BCUT2D eigenvalue weighted by Gasteiger charge is -2.30. The number of carbonyl (C=O) groups excluding carboxylic acids is 1. The SMILES string of the molecule is C/C=C/CCC1COC(c2cc(F)c(C(F)(F)Oc3ccc(C(=O)Oc4ccc(C(F)(F)F)c(F)c4)cc3)c(F)c2)OC1. The lowest BCUT2D eigenvalue weighted by atomic mass is 10.0. The maximum absolute atomic E-state index is 14.9. The van der Waals surface area contributed by atoms with E-state index in [-0.39, 0.29) is 30.3 Å². The quantitative estimate of drug-likeness (QED) is 0.105. The van der Waals surface area contributed by atoms with E-state index in [1.165, 1.54) is 0 Å². The lowest BCUT2D eigenvalue weighted by molar-refractivity contribution is -0.206. The molecule has 3 aromatic rings. The van der Waals surface area contributed by atoms with Crippen molar-refractivity contribution in [3.63, 3.8) is 0 Å². The van der Waals surface area contributed by atoms with E-state index in [4.69, 9.17) is 14.2 Å². The summed E-state index contributed by atoms with van der Waals surface area (Å²) in [5, 5.41) is 0. The molecule has 1 heterocycles. The Morgan fingerprint density at radius 2 is 1.49 bits per heavy atom. The highest BCUT2D eigenvalue weighted by Crippen LogP contribution is 2.38. The van der Waals surface area contributed by atoms with Gasteiger partial charge in [0.2, 0.25) is 0 Å². The van der Waals surface area contributed by atoms with Crippen molar-refractivity contribution in [1.82, 2.24) is 0 Å². The van der Waals surface area contributed by atoms with E-state index < -0.39 is 64.6 Å². The van der Waals surface area contributed by atoms with Crippen LogP contribution in [0.25, 0.3) is 0 Å². The first-order chi connectivity index (χ1) is 20.3. The minimum Gasteiger partial charge on any atom is -0.429 e. The van der Waals surface area contributed by atoms with Gasteiger partial charge in [0.1, 0.15) is 34.5 Å². The summed E-state index contributed by atoms with van der Waals surface area (Å²) in [6.07, 6.45) is -5.10. The Labute approximate surface area is 240 Å². The van der Waals surface area contributed by atoms with E-state index in [0.29, 0.717) is 24.3 Å². The van der Waals surface area contributed by atoms with Gasteiger partial charge in [-0.05, 0) is 68.3 Å². The van der Waals surface area contributed by atoms with Crippen LogP contribution in [0.5, 0.6) is 11.5 Å². The van der Waals surface area contributed by atoms with E-state index >= 15 is 0 Å². The number of hydrogen-bond donors (Lipinski definition) is 0. The summed E-state index contributed by atoms with van der Waals surface area (Å²) >= 11 is 0. The monoisotopic (exact) mass is 616 g/mol. The summed E-state index contributed by atoms with van der Waals surface area (Å²) in [6.45, 7) is 2.41. The van der Waals surface area contributed by atoms with Gasteiger partial charge in [0.25, 0.3) is 0 Å². The van der Waals surface area contributed by atoms with Crippen molar-refractivity contribution in [3.05, 3.63) is 106 Å². The van der Waals surface area contributed by atoms with Crippen molar-refractivity contribution in [3.8, 4) is 11.5 Å². The molecule has 230 valence electrons. The van der Waals surface area contributed by atoms with Crippen LogP contribution < -0.4 is 9.47 Å². The van der Waals surface area contributed by atoms with Gasteiger partial charge in [0, 0.05) is 17.5 Å². The molecule has 0 unspecified atom stereocenters. The third kappa shape index (κ3) is 7.90. The maximum atomic E-state index is 14.9. The molecule has 1 aliphatic rings. The highest BCUT2D eigenvalue weighted by Gasteiger charge is 2.42. The van der Waals surface area contributed by atoms with E-state index in [1.807, 2.05) is 19.1 Å². The molecule has 0 amide bonds. The largest absolute Gasteiger partial charge is 0.432 e. The predicted molar refractivity (Wildman–Crippen MR) is 136 cm³/mol. The fraction of sp³-hybridized carbons (Fsp3) is 0.300. The van der Waals surface area contributed by atoms with Crippen molar-refractivity contribution in [2.24, 2.45) is 5.92 Å². The van der Waals surface area contributed by atoms with Gasteiger partial charge in [0.15, 0.2) is 6.29 Å². The maximum Gasteiger partial charge on any atom is 0.432 e. The smallest absolute Gasteiger partial charge is 0.429 e. The van der Waals surface area contributed by atoms with Crippen LogP contribution in [0.1, 0.15) is 53.1 Å². The molecule has 0 aliphatic carbocycles. The molecule has 0 atom stereocenters. The molecule has 4 rings (SSSR count). The Morgan fingerprint density at radius 3 is 2.05 bits per heavy atom. The van der Waals surface area contributed by atoms with E-state index in [1.54, 1.807) is 0 Å². The molecule has 0 aromatic heterocycles. The Balaban J connectivity index is 1.40. The Bertz CT molecular complexity index is 1440. The number of allylic oxidation sites excluding steroid dienone is 2. The van der Waals surface area contributed by atoms with Crippen LogP contribution in [0.15, 0.2) is 66.7 Å². The number of hydrogen-bond acceptors (Lipinski definition) is 5. The van der Waals surface area contributed by atoms with Gasteiger partial charge in [-0.2, -0.15) is 22.0 Å². The molecule has 1 aliphatic heterocycles. The zero-order chi connectivity index (χ0) is 31.4. The molecule has 1 fully saturated rings. The summed E-state index contributed by atoms with van der Waals surface area (Å²) in [7, 11) is 0. The summed E-state index contributed by atoms with van der Waals surface area (Å²) in [5.41, 5.74) is -3.62. The molecule has 0 radical (unpaired) electrons. The summed E-state index contributed by atoms with van der Waals surface area (Å²) in [4.78, 5) is 12.3. The van der Waals surface area contributed by atoms with Crippen LogP contribution in [0.4, 0.5) is 35.1 Å². The average molecular weight is 617 g/mol. The van der Waals surface area contributed by atoms with E-state index in [0.717, 1.165) is 43.2 Å². The van der Waals surface area contributed by atoms with Gasteiger partial charge in [-0.15, -0.1) is 0 Å². The second kappa shape index (κ2) is 13.1. The third-order valence-corrected chi connectivity index (χ3v) is 6.36. The van der Waals surface area contributed by atoms with Crippen LogP contribution in [0.2, 0.25) is 0 Å². The minimum absolute atomic E-state index is 0.0696. The van der Waals surface area contributed by atoms with E-state index in [2.05, 4.69) is 4.74 Å². The molecule has 0 spiro atoms. The summed E-state index contributed by atoms with van der Waals surface area (Å²) in [6, 6.07) is 6.47. The molecule has 43 heavy (non-hydrogen) atoms. The first-order valence-electron chi connectivity index (χ1n) is 12.9. The fourth-order valence-electron chi connectivity index (χ4n) is 4.22. The standard InChI is InChI=1S/C30H24F8O5/c1-2-3-4-5-17-15-40-28(41-16-17)19-12-24(32)26(25(33)13-19)30(37,38)43-20-8-6-18(7-9-20)27(39)42-21-10-11-22(23(31)14-21)29(34,35)36/h2-3,6-14,17,28H,4-5,15-16H2,1H3/b3-2+. The number of ether oxygens (including phenoxy) is 4. The summed E-state index contributed by atoms with van der Waals surface area (Å²) < 4.78 is 131. The lowest BCUT2D eigenvalue weighted by Crippen LogP contribution is -2.28. The van der Waals surface area contributed by atoms with Gasteiger partial charge in [0.05, 0.1) is 24.3 Å². The average Bonchev–Trinajstić information content (AvgIpc) is 2.92. The normalized spacial score (nSPS) is 17.7. The highest BCUT2D eigenvalue weighted by molar-refractivity contribution is 5.91. The van der Waals surface area contributed by atoms with Gasteiger partial charge >= 0.3 is 18.3 Å². The van der Waals surface area contributed by atoms with Crippen LogP contribution in [-0.4, -0.2) is 19.2 Å². The number of esters is 1. The molecule has 0 N–H and O–H groups in total. The molecular weight excluding hydrogens is 592 g/mol. The third-order valence-electron chi connectivity index (χ3n) is 6.36. The van der Waals surface area contributed by atoms with Gasteiger partial charge < -0.3 is 18.9 Å². The van der Waals surface area contributed by atoms with Crippen molar-refractivity contribution in [2.45, 2.75) is 38.3 Å². The molecule has 5 nitrogen and oxygen atoms in total. The Kier molecular flexibility index (Phi) is 9.75. The zero-order valence-corrected chi connectivity index (χ0v) is 22.4. The van der Waals surface area contributed by atoms with Crippen molar-refractivity contribution < 1.29 is 58.9 Å². The van der Waals surface area contributed by atoms with Crippen molar-refractivity contribution in [2.75, 3.05) is 13.2 Å². The summed E-state index contributed by atoms with van der Waals surface area (Å²) in [5.74, 6) is -7.09. The molecule has 0 saturated carbocycles. The first-order valence-corrected chi connectivity index (χ1v) is 12.9. The Hall–Kier alpha value is -3.97. The number of alkyl halides is 5. The molecule has 3 aromatic carbocycles. The van der Waals surface area contributed by atoms with Crippen LogP contribution in [0.3, 0.4) is 0 Å². The first kappa shape index (κ1) is 32.0. The highest BCUT2D eigenvalue weighted by atomic mass is 19.4. The fourth-order valence-corrected chi connectivity index (χ4v) is 4.22. The second-order valence-electron chi connectivity index (χ2n) is 9.54. The second-order valence-corrected chi connectivity index (χ2v) is 9.54. The Morgan fingerprint density at radius 1 is 0.884 bits per heavy atom. The van der Waals surface area contributed by atoms with Crippen LogP contribution in [-0.2, 0) is 21.8 Å². The number of halogens is 8. The number of rotatable bonds is 9. The van der Waals surface area contributed by atoms with Gasteiger partial charge in [-0.3, -0.25) is 0 Å². The van der Waals surface area contributed by atoms with Gasteiger partial charge in [-0.1, -0.05) is 12.2 Å². The van der Waals surface area contributed by atoms with Crippen LogP contribution >= 0.6 is 0 Å². The van der Waals surface area contributed by atoms with Crippen molar-refractivity contribution >= 4 is 5.97 Å². The predicted octanol–water partition coefficient (Wildman–Crippen LogP) is 8.49. The number of carbonyl (C=O) groups is 1. The zero-order valence-electron chi connectivity index (χ0n) is 22.4. The molecule has 13 heteroatoms. The molecular formula is C30H24F8O5.